The Morgan fingerprint density at radius 1 is 1.25 bits per heavy atom. The van der Waals surface area contributed by atoms with Gasteiger partial charge in [-0.15, -0.1) is 21.5 Å². The van der Waals surface area contributed by atoms with Crippen LogP contribution in [-0.2, 0) is 16.1 Å². The molecule has 2 aromatic heterocycles. The summed E-state index contributed by atoms with van der Waals surface area (Å²) in [5.74, 6) is 7.13. The third kappa shape index (κ3) is 5.92. The van der Waals surface area contributed by atoms with Gasteiger partial charge in [0, 0.05) is 6.07 Å². The number of carbonyl (C=O) groups is 2. The van der Waals surface area contributed by atoms with Crippen molar-refractivity contribution in [1.82, 2.24) is 14.9 Å². The molecule has 0 radical (unpaired) electrons. The lowest BCUT2D eigenvalue weighted by Gasteiger charge is -2.07. The molecule has 0 saturated carbocycles. The Morgan fingerprint density at radius 2 is 2.03 bits per heavy atom. The number of hydrogen-bond acceptors (Lipinski definition) is 10. The molecule has 0 bridgehead atoms. The Kier molecular flexibility index (Phi) is 7.95. The number of hydrogen-bond donors (Lipinski definition) is 2. The second-order valence-corrected chi connectivity index (χ2v) is 8.41. The summed E-state index contributed by atoms with van der Waals surface area (Å²) in [6.45, 7) is 3.93. The van der Waals surface area contributed by atoms with Crippen LogP contribution in [0.1, 0.15) is 28.0 Å². The Morgan fingerprint density at radius 3 is 2.78 bits per heavy atom. The first-order valence-electron chi connectivity index (χ1n) is 9.57. The zero-order valence-corrected chi connectivity index (χ0v) is 19.4. The topological polar surface area (TPSA) is 131 Å². The van der Waals surface area contributed by atoms with Crippen molar-refractivity contribution in [3.63, 3.8) is 0 Å². The number of nitrogens with two attached hydrogens (primary N) is 1. The lowest BCUT2D eigenvalue weighted by atomic mass is 10.3. The summed E-state index contributed by atoms with van der Waals surface area (Å²) in [4.78, 5) is 24.7. The van der Waals surface area contributed by atoms with Crippen LogP contribution in [0, 0.1) is 6.92 Å². The van der Waals surface area contributed by atoms with Gasteiger partial charge in [-0.2, -0.15) is 0 Å². The van der Waals surface area contributed by atoms with E-state index in [9.17, 15) is 9.59 Å². The van der Waals surface area contributed by atoms with Crippen molar-refractivity contribution in [2.24, 2.45) is 0 Å². The normalized spacial score (nSPS) is 10.6. The van der Waals surface area contributed by atoms with Crippen LogP contribution < -0.4 is 20.6 Å². The summed E-state index contributed by atoms with van der Waals surface area (Å²) < 4.78 is 17.1. The number of aryl methyl sites for hydroxylation is 1. The molecule has 170 valence electrons. The summed E-state index contributed by atoms with van der Waals surface area (Å²) in [5, 5.41) is 11.7. The van der Waals surface area contributed by atoms with Gasteiger partial charge in [0.1, 0.15) is 23.0 Å². The Labute approximate surface area is 193 Å². The smallest absolute Gasteiger partial charge is 0.348 e. The van der Waals surface area contributed by atoms with Gasteiger partial charge in [-0.1, -0.05) is 17.8 Å². The predicted molar refractivity (Wildman–Crippen MR) is 122 cm³/mol. The third-order valence-corrected chi connectivity index (χ3v) is 6.19. The maximum atomic E-state index is 12.3. The second kappa shape index (κ2) is 10.9. The standard InChI is InChI=1S/C20H23N5O5S2/c1-4-29-19(27)18-12(2)8-17(32-18)22-16(26)11-31-20-24-23-15(25(20)21)10-30-14-7-5-6-13(9-14)28-3/h5-9H,4,10-11,21H2,1-3H3,(H,22,26). The number of thioether (sulfide) groups is 1. The van der Waals surface area contributed by atoms with Crippen LogP contribution in [-0.4, -0.2) is 46.2 Å². The van der Waals surface area contributed by atoms with E-state index in [0.717, 1.165) is 17.3 Å². The lowest BCUT2D eigenvalue weighted by molar-refractivity contribution is -0.113. The molecule has 0 unspecified atom stereocenters. The van der Waals surface area contributed by atoms with E-state index in [-0.39, 0.29) is 18.3 Å². The number of nitrogen functional groups attached to an aromatic ring is 1. The summed E-state index contributed by atoms with van der Waals surface area (Å²) in [6.07, 6.45) is 0. The molecule has 0 aliphatic rings. The first kappa shape index (κ1) is 23.4. The highest BCUT2D eigenvalue weighted by molar-refractivity contribution is 7.99. The van der Waals surface area contributed by atoms with E-state index < -0.39 is 5.97 Å². The summed E-state index contributed by atoms with van der Waals surface area (Å²) in [7, 11) is 1.58. The average molecular weight is 478 g/mol. The van der Waals surface area contributed by atoms with Crippen LogP contribution in [0.5, 0.6) is 11.5 Å². The van der Waals surface area contributed by atoms with Crippen LogP contribution >= 0.6 is 23.1 Å². The third-order valence-electron chi connectivity index (χ3n) is 4.12. The number of esters is 1. The minimum Gasteiger partial charge on any atom is -0.497 e. The molecule has 0 saturated heterocycles. The van der Waals surface area contributed by atoms with E-state index in [1.165, 1.54) is 16.0 Å². The number of methoxy groups -OCH3 is 1. The first-order valence-corrected chi connectivity index (χ1v) is 11.4. The second-order valence-electron chi connectivity index (χ2n) is 6.42. The number of anilines is 1. The highest BCUT2D eigenvalue weighted by Gasteiger charge is 2.17. The number of thiophene rings is 1. The molecular formula is C20H23N5O5S2. The number of rotatable bonds is 10. The molecule has 0 spiro atoms. The molecule has 10 nitrogen and oxygen atoms in total. The number of benzene rings is 1. The van der Waals surface area contributed by atoms with Crippen molar-refractivity contribution in [3.8, 4) is 11.5 Å². The molecule has 0 atom stereocenters. The van der Waals surface area contributed by atoms with Gasteiger partial charge in [-0.25, -0.2) is 9.47 Å². The Balaban J connectivity index is 1.52. The van der Waals surface area contributed by atoms with Crippen molar-refractivity contribution in [2.45, 2.75) is 25.6 Å². The number of nitrogens with one attached hydrogen (secondary N) is 1. The van der Waals surface area contributed by atoms with Crippen molar-refractivity contribution in [3.05, 3.63) is 46.6 Å². The van der Waals surface area contributed by atoms with Gasteiger partial charge in [0.25, 0.3) is 0 Å². The molecule has 1 aromatic carbocycles. The molecule has 2 heterocycles. The fourth-order valence-electron chi connectivity index (χ4n) is 2.59. The lowest BCUT2D eigenvalue weighted by Crippen LogP contribution is -2.17. The number of amides is 1. The van der Waals surface area contributed by atoms with Crippen molar-refractivity contribution < 1.29 is 23.8 Å². The number of ether oxygens (including phenoxy) is 3. The van der Waals surface area contributed by atoms with E-state index in [4.69, 9.17) is 20.1 Å². The number of nitrogens with zero attached hydrogens (tertiary/aromatic N) is 3. The molecular weight excluding hydrogens is 454 g/mol. The minimum absolute atomic E-state index is 0.0672. The first-order chi connectivity index (χ1) is 15.4. The van der Waals surface area contributed by atoms with Gasteiger partial charge in [-0.05, 0) is 37.6 Å². The number of carbonyl (C=O) groups excluding carboxylic acids is 2. The fourth-order valence-corrected chi connectivity index (χ4v) is 4.25. The van der Waals surface area contributed by atoms with Gasteiger partial charge in [0.05, 0.1) is 24.5 Å². The zero-order valence-electron chi connectivity index (χ0n) is 17.8. The Bertz CT molecular complexity index is 1100. The molecule has 3 aromatic rings. The van der Waals surface area contributed by atoms with E-state index in [1.807, 2.05) is 12.1 Å². The van der Waals surface area contributed by atoms with E-state index in [0.29, 0.717) is 39.0 Å². The average Bonchev–Trinajstić information content (AvgIpc) is 3.32. The van der Waals surface area contributed by atoms with Crippen LogP contribution in [0.4, 0.5) is 5.00 Å². The molecule has 3 rings (SSSR count). The molecule has 0 aliphatic heterocycles. The van der Waals surface area contributed by atoms with Crippen molar-refractivity contribution in [1.29, 1.82) is 0 Å². The van der Waals surface area contributed by atoms with Crippen LogP contribution in [0.25, 0.3) is 0 Å². The molecule has 1 amide bonds. The molecule has 32 heavy (non-hydrogen) atoms. The Hall–Kier alpha value is -3.25. The SMILES string of the molecule is CCOC(=O)c1sc(NC(=O)CSc2nnc(COc3cccc(OC)c3)n2N)cc1C. The van der Waals surface area contributed by atoms with Gasteiger partial charge in [0.2, 0.25) is 11.1 Å². The summed E-state index contributed by atoms with van der Waals surface area (Å²) in [6, 6.07) is 8.90. The van der Waals surface area contributed by atoms with Crippen LogP contribution in [0.15, 0.2) is 35.5 Å². The maximum absolute atomic E-state index is 12.3. The van der Waals surface area contributed by atoms with Gasteiger partial charge in [0.15, 0.2) is 5.82 Å². The van der Waals surface area contributed by atoms with E-state index in [1.54, 1.807) is 39.2 Å². The van der Waals surface area contributed by atoms with Crippen LogP contribution in [0.3, 0.4) is 0 Å². The van der Waals surface area contributed by atoms with Gasteiger partial charge in [-0.3, -0.25) is 4.79 Å². The zero-order chi connectivity index (χ0) is 23.1. The molecule has 12 heteroatoms. The minimum atomic E-state index is -0.398. The summed E-state index contributed by atoms with van der Waals surface area (Å²) in [5.41, 5.74) is 0.749. The largest absolute Gasteiger partial charge is 0.497 e. The highest BCUT2D eigenvalue weighted by atomic mass is 32.2. The summed E-state index contributed by atoms with van der Waals surface area (Å²) >= 11 is 2.31. The van der Waals surface area contributed by atoms with Crippen molar-refractivity contribution in [2.75, 3.05) is 30.6 Å². The highest BCUT2D eigenvalue weighted by Crippen LogP contribution is 2.28. The monoisotopic (exact) mass is 477 g/mol. The molecule has 0 aliphatic carbocycles. The van der Waals surface area contributed by atoms with Gasteiger partial charge >= 0.3 is 5.97 Å². The quantitative estimate of drug-likeness (QED) is 0.257. The number of aromatic nitrogens is 3. The maximum Gasteiger partial charge on any atom is 0.348 e. The van der Waals surface area contributed by atoms with Crippen molar-refractivity contribution >= 4 is 40.0 Å². The fraction of sp³-hybridized carbons (Fsp3) is 0.300. The van der Waals surface area contributed by atoms with Crippen LogP contribution in [0.2, 0.25) is 0 Å². The molecule has 3 N–H and O–H groups in total. The molecule has 0 fully saturated rings. The van der Waals surface area contributed by atoms with E-state index >= 15 is 0 Å². The van der Waals surface area contributed by atoms with Gasteiger partial charge < -0.3 is 25.4 Å². The predicted octanol–water partition coefficient (Wildman–Crippen LogP) is 2.86. The van der Waals surface area contributed by atoms with E-state index in [2.05, 4.69) is 15.5 Å².